The first-order valence-corrected chi connectivity index (χ1v) is 7.50. The fraction of sp³-hybridized carbons (Fsp3) is 0.300. The van der Waals surface area contributed by atoms with Crippen molar-refractivity contribution in [1.29, 1.82) is 0 Å². The molecule has 0 saturated carbocycles. The highest BCUT2D eigenvalue weighted by molar-refractivity contribution is 5.35. The number of rotatable bonds is 5. The Balaban J connectivity index is 2.14. The van der Waals surface area contributed by atoms with Crippen molar-refractivity contribution in [2.75, 3.05) is 0 Å². The van der Waals surface area contributed by atoms with Crippen molar-refractivity contribution < 1.29 is 0 Å². The first-order chi connectivity index (χ1) is 10.0. The number of aryl methyl sites for hydroxylation is 4. The van der Waals surface area contributed by atoms with Crippen LogP contribution >= 0.6 is 0 Å². The Morgan fingerprint density at radius 1 is 0.952 bits per heavy atom. The summed E-state index contributed by atoms with van der Waals surface area (Å²) < 4.78 is 0. The summed E-state index contributed by atoms with van der Waals surface area (Å²) in [4.78, 5) is 0. The minimum absolute atomic E-state index is 0.186. The normalized spacial score (nSPS) is 12.2. The van der Waals surface area contributed by atoms with Crippen molar-refractivity contribution in [3.8, 4) is 0 Å². The third-order valence-corrected chi connectivity index (χ3v) is 4.01. The van der Waals surface area contributed by atoms with Crippen molar-refractivity contribution in [2.24, 2.45) is 0 Å². The fourth-order valence-electron chi connectivity index (χ4n) is 2.76. The molecule has 0 aliphatic carbocycles. The van der Waals surface area contributed by atoms with E-state index >= 15 is 0 Å². The van der Waals surface area contributed by atoms with Crippen LogP contribution in [0, 0.1) is 27.7 Å². The van der Waals surface area contributed by atoms with E-state index in [0.717, 1.165) is 6.54 Å². The van der Waals surface area contributed by atoms with Gasteiger partial charge in [-0.05, 0) is 49.9 Å². The lowest BCUT2D eigenvalue weighted by atomic mass is 9.98. The summed E-state index contributed by atoms with van der Waals surface area (Å²) in [5, 5.41) is 3.60. The predicted molar refractivity (Wildman–Crippen MR) is 91.6 cm³/mol. The van der Waals surface area contributed by atoms with Crippen molar-refractivity contribution >= 4 is 0 Å². The van der Waals surface area contributed by atoms with Gasteiger partial charge < -0.3 is 5.32 Å². The van der Waals surface area contributed by atoms with Gasteiger partial charge in [0.2, 0.25) is 0 Å². The van der Waals surface area contributed by atoms with Crippen LogP contribution < -0.4 is 5.32 Å². The summed E-state index contributed by atoms with van der Waals surface area (Å²) in [6.07, 6.45) is 1.99. The van der Waals surface area contributed by atoms with Gasteiger partial charge in [-0.2, -0.15) is 0 Å². The molecule has 110 valence electrons. The number of hydrogen-bond acceptors (Lipinski definition) is 1. The van der Waals surface area contributed by atoms with Gasteiger partial charge in [-0.3, -0.25) is 0 Å². The highest BCUT2D eigenvalue weighted by Crippen LogP contribution is 2.21. The maximum atomic E-state index is 3.99. The van der Waals surface area contributed by atoms with Crippen LogP contribution in [0.15, 0.2) is 49.1 Å². The third kappa shape index (κ3) is 3.83. The lowest BCUT2D eigenvalue weighted by Gasteiger charge is -2.19. The zero-order valence-electron chi connectivity index (χ0n) is 13.5. The first kappa shape index (κ1) is 15.5. The third-order valence-electron chi connectivity index (χ3n) is 4.01. The molecule has 0 radical (unpaired) electrons. The largest absolute Gasteiger partial charge is 0.303 e. The van der Waals surface area contributed by atoms with Gasteiger partial charge in [0.05, 0.1) is 6.04 Å². The van der Waals surface area contributed by atoms with Crippen LogP contribution in [-0.2, 0) is 6.54 Å². The molecule has 1 N–H and O–H groups in total. The summed E-state index contributed by atoms with van der Waals surface area (Å²) in [6, 6.07) is 13.4. The summed E-state index contributed by atoms with van der Waals surface area (Å²) in [7, 11) is 0. The van der Waals surface area contributed by atoms with Crippen molar-refractivity contribution in [1.82, 2.24) is 5.32 Å². The molecule has 0 spiro atoms. The molecule has 0 heterocycles. The van der Waals surface area contributed by atoms with E-state index in [0.29, 0.717) is 0 Å². The lowest BCUT2D eigenvalue weighted by molar-refractivity contribution is 0.617. The van der Waals surface area contributed by atoms with E-state index in [-0.39, 0.29) is 6.04 Å². The Labute approximate surface area is 128 Å². The van der Waals surface area contributed by atoms with Gasteiger partial charge in [0.15, 0.2) is 0 Å². The Morgan fingerprint density at radius 2 is 1.57 bits per heavy atom. The minimum atomic E-state index is 0.186. The number of benzene rings is 2. The molecule has 0 aliphatic rings. The molecule has 2 aromatic carbocycles. The van der Waals surface area contributed by atoms with Gasteiger partial charge in [-0.1, -0.05) is 53.6 Å². The average molecular weight is 279 g/mol. The molecule has 0 amide bonds. The fourth-order valence-corrected chi connectivity index (χ4v) is 2.76. The Kier molecular flexibility index (Phi) is 4.98. The van der Waals surface area contributed by atoms with E-state index < -0.39 is 0 Å². The minimum Gasteiger partial charge on any atom is -0.303 e. The maximum Gasteiger partial charge on any atom is 0.0508 e. The van der Waals surface area contributed by atoms with Crippen LogP contribution in [0.3, 0.4) is 0 Å². The second-order valence-electron chi connectivity index (χ2n) is 5.88. The predicted octanol–water partition coefficient (Wildman–Crippen LogP) is 4.94. The van der Waals surface area contributed by atoms with Gasteiger partial charge in [0.25, 0.3) is 0 Å². The van der Waals surface area contributed by atoms with E-state index in [4.69, 9.17) is 0 Å². The van der Waals surface area contributed by atoms with Crippen LogP contribution in [0.1, 0.15) is 39.4 Å². The van der Waals surface area contributed by atoms with E-state index in [1.165, 1.54) is 33.4 Å². The standard InChI is InChI=1S/C20H25N/c1-6-20(19-10-8-15(3)12-17(19)5)21-13-18-9-7-14(2)11-16(18)4/h6-12,20-21H,1,13H2,2-5H3. The van der Waals surface area contributed by atoms with Crippen LogP contribution in [0.25, 0.3) is 0 Å². The Hall–Kier alpha value is -1.86. The molecule has 1 heteroatoms. The van der Waals surface area contributed by atoms with Crippen molar-refractivity contribution in [3.05, 3.63) is 82.4 Å². The molecular weight excluding hydrogens is 254 g/mol. The number of nitrogens with one attached hydrogen (secondary N) is 1. The molecule has 21 heavy (non-hydrogen) atoms. The highest BCUT2D eigenvalue weighted by Gasteiger charge is 2.10. The zero-order chi connectivity index (χ0) is 15.4. The second kappa shape index (κ2) is 6.73. The first-order valence-electron chi connectivity index (χ1n) is 7.50. The zero-order valence-corrected chi connectivity index (χ0v) is 13.5. The quantitative estimate of drug-likeness (QED) is 0.765. The molecule has 1 nitrogen and oxygen atoms in total. The van der Waals surface area contributed by atoms with Gasteiger partial charge in [0, 0.05) is 6.54 Å². The van der Waals surface area contributed by atoms with Gasteiger partial charge >= 0.3 is 0 Å². The van der Waals surface area contributed by atoms with Crippen LogP contribution in [-0.4, -0.2) is 0 Å². The lowest BCUT2D eigenvalue weighted by Crippen LogP contribution is -2.20. The van der Waals surface area contributed by atoms with E-state index in [9.17, 15) is 0 Å². The molecule has 1 unspecified atom stereocenters. The molecule has 2 aromatic rings. The smallest absolute Gasteiger partial charge is 0.0508 e. The van der Waals surface area contributed by atoms with E-state index in [2.05, 4.69) is 76.0 Å². The molecule has 0 bridgehead atoms. The molecule has 0 aromatic heterocycles. The van der Waals surface area contributed by atoms with Crippen LogP contribution in [0.5, 0.6) is 0 Å². The highest BCUT2D eigenvalue weighted by atomic mass is 14.9. The summed E-state index contributed by atoms with van der Waals surface area (Å²) in [6.45, 7) is 13.4. The van der Waals surface area contributed by atoms with Crippen LogP contribution in [0.4, 0.5) is 0 Å². The molecule has 0 saturated heterocycles. The maximum absolute atomic E-state index is 3.99. The van der Waals surface area contributed by atoms with E-state index in [1.807, 2.05) is 6.08 Å². The Morgan fingerprint density at radius 3 is 2.14 bits per heavy atom. The summed E-state index contributed by atoms with van der Waals surface area (Å²) >= 11 is 0. The SMILES string of the molecule is C=CC(NCc1ccc(C)cc1C)c1ccc(C)cc1C. The monoisotopic (exact) mass is 279 g/mol. The molecule has 0 aliphatic heterocycles. The van der Waals surface area contributed by atoms with Gasteiger partial charge in [-0.15, -0.1) is 6.58 Å². The van der Waals surface area contributed by atoms with Crippen molar-refractivity contribution in [2.45, 2.75) is 40.3 Å². The molecule has 2 rings (SSSR count). The molecule has 0 fully saturated rings. The number of hydrogen-bond donors (Lipinski definition) is 1. The second-order valence-corrected chi connectivity index (χ2v) is 5.88. The topological polar surface area (TPSA) is 12.0 Å². The van der Waals surface area contributed by atoms with Gasteiger partial charge in [0.1, 0.15) is 0 Å². The van der Waals surface area contributed by atoms with Crippen LogP contribution in [0.2, 0.25) is 0 Å². The summed E-state index contributed by atoms with van der Waals surface area (Å²) in [5.74, 6) is 0. The summed E-state index contributed by atoms with van der Waals surface area (Å²) in [5.41, 5.74) is 7.91. The Bertz CT molecular complexity index is 640. The van der Waals surface area contributed by atoms with Crippen molar-refractivity contribution in [3.63, 3.8) is 0 Å². The molecule has 1 atom stereocenters. The van der Waals surface area contributed by atoms with E-state index in [1.54, 1.807) is 0 Å². The average Bonchev–Trinajstić information content (AvgIpc) is 2.43. The molecular formula is C20H25N. The van der Waals surface area contributed by atoms with Gasteiger partial charge in [-0.25, -0.2) is 0 Å².